The summed E-state index contributed by atoms with van der Waals surface area (Å²) in [5.74, 6) is -1.84. The lowest BCUT2D eigenvalue weighted by Gasteiger charge is -2.20. The Balaban J connectivity index is 3.08. The van der Waals surface area contributed by atoms with Gasteiger partial charge in [0.15, 0.2) is 0 Å². The fraction of sp³-hybridized carbons (Fsp3) is 0.462. The van der Waals surface area contributed by atoms with Crippen molar-refractivity contribution in [2.45, 2.75) is 32.9 Å². The number of rotatable bonds is 5. The number of hydrogen-bond acceptors (Lipinski definition) is 3. The van der Waals surface area contributed by atoms with E-state index in [-0.39, 0.29) is 18.2 Å². The molecule has 1 unspecified atom stereocenters. The molecule has 1 aromatic carbocycles. The summed E-state index contributed by atoms with van der Waals surface area (Å²) in [5.41, 5.74) is -0.0397. The minimum absolute atomic E-state index is 0.0397. The number of benzene rings is 1. The molecule has 0 aromatic heterocycles. The second-order valence-electron chi connectivity index (χ2n) is 4.17. The Kier molecular flexibility index (Phi) is 5.22. The van der Waals surface area contributed by atoms with Gasteiger partial charge in [0.1, 0.15) is 17.7 Å². The Morgan fingerprint density at radius 3 is 2.61 bits per heavy atom. The molecule has 1 rings (SSSR count). The third-order valence-electron chi connectivity index (χ3n) is 2.29. The van der Waals surface area contributed by atoms with Crippen LogP contribution in [0.3, 0.4) is 0 Å². The highest BCUT2D eigenvalue weighted by molar-refractivity contribution is 5.77. The molecule has 0 bridgehead atoms. The van der Waals surface area contributed by atoms with Gasteiger partial charge in [-0.25, -0.2) is 13.6 Å². The van der Waals surface area contributed by atoms with Gasteiger partial charge in [-0.15, -0.1) is 0 Å². The van der Waals surface area contributed by atoms with Gasteiger partial charge >= 0.3 is 5.97 Å². The number of hydrogen-bond donors (Lipinski definition) is 1. The van der Waals surface area contributed by atoms with Crippen LogP contribution in [-0.4, -0.2) is 18.6 Å². The molecule has 0 saturated carbocycles. The van der Waals surface area contributed by atoms with Crippen molar-refractivity contribution in [3.63, 3.8) is 0 Å². The van der Waals surface area contributed by atoms with Gasteiger partial charge in [0.25, 0.3) is 0 Å². The Morgan fingerprint density at radius 2 is 2.06 bits per heavy atom. The maximum absolute atomic E-state index is 13.7. The van der Waals surface area contributed by atoms with E-state index in [9.17, 15) is 13.6 Å². The molecular formula is C13H17F2NO2. The molecule has 0 aliphatic carbocycles. The zero-order valence-corrected chi connectivity index (χ0v) is 10.7. The molecule has 18 heavy (non-hydrogen) atoms. The third kappa shape index (κ3) is 3.77. The van der Waals surface area contributed by atoms with E-state index in [1.54, 1.807) is 6.92 Å². The van der Waals surface area contributed by atoms with Crippen LogP contribution in [0.5, 0.6) is 0 Å². The summed E-state index contributed by atoms with van der Waals surface area (Å²) in [7, 11) is 0. The van der Waals surface area contributed by atoms with Crippen LogP contribution in [0.15, 0.2) is 18.2 Å². The first kappa shape index (κ1) is 14.6. The highest BCUT2D eigenvalue weighted by Crippen LogP contribution is 2.20. The molecule has 0 aliphatic rings. The molecule has 1 atom stereocenters. The van der Waals surface area contributed by atoms with Crippen LogP contribution in [0.25, 0.3) is 0 Å². The van der Waals surface area contributed by atoms with Crippen molar-refractivity contribution in [3.05, 3.63) is 35.4 Å². The average molecular weight is 257 g/mol. The first-order chi connectivity index (χ1) is 8.45. The summed E-state index contributed by atoms with van der Waals surface area (Å²) in [6, 6.07) is 1.95. The van der Waals surface area contributed by atoms with Crippen molar-refractivity contribution in [2.75, 3.05) is 6.61 Å². The summed E-state index contributed by atoms with van der Waals surface area (Å²) in [6.07, 6.45) is 0. The minimum Gasteiger partial charge on any atom is -0.465 e. The fourth-order valence-electron chi connectivity index (χ4n) is 1.58. The fourth-order valence-corrected chi connectivity index (χ4v) is 1.58. The Hall–Kier alpha value is -1.49. The molecular weight excluding hydrogens is 240 g/mol. The predicted octanol–water partition coefficient (Wildman–Crippen LogP) is 2.57. The van der Waals surface area contributed by atoms with Crippen molar-refractivity contribution < 1.29 is 18.3 Å². The zero-order chi connectivity index (χ0) is 13.7. The molecule has 3 nitrogen and oxygen atoms in total. The second kappa shape index (κ2) is 6.44. The van der Waals surface area contributed by atoms with Crippen LogP contribution in [0.1, 0.15) is 32.4 Å². The van der Waals surface area contributed by atoms with Gasteiger partial charge in [-0.3, -0.25) is 5.32 Å². The monoisotopic (exact) mass is 257 g/mol. The van der Waals surface area contributed by atoms with E-state index in [0.29, 0.717) is 0 Å². The largest absolute Gasteiger partial charge is 0.465 e. The molecule has 1 aromatic rings. The number of nitrogens with one attached hydrogen (secondary N) is 1. The average Bonchev–Trinajstić information content (AvgIpc) is 2.29. The molecule has 100 valence electrons. The van der Waals surface area contributed by atoms with E-state index in [1.165, 1.54) is 0 Å². The highest BCUT2D eigenvalue weighted by Gasteiger charge is 2.25. The lowest BCUT2D eigenvalue weighted by atomic mass is 10.1. The SMILES string of the molecule is CCOC(=O)C(NC(C)C)c1cc(F)ccc1F. The lowest BCUT2D eigenvalue weighted by molar-refractivity contribution is -0.146. The van der Waals surface area contributed by atoms with Crippen molar-refractivity contribution >= 4 is 5.97 Å². The summed E-state index contributed by atoms with van der Waals surface area (Å²) < 4.78 is 31.7. The topological polar surface area (TPSA) is 38.3 Å². The van der Waals surface area contributed by atoms with E-state index < -0.39 is 23.6 Å². The normalized spacial score (nSPS) is 12.6. The highest BCUT2D eigenvalue weighted by atomic mass is 19.1. The zero-order valence-electron chi connectivity index (χ0n) is 10.7. The maximum atomic E-state index is 13.7. The maximum Gasteiger partial charge on any atom is 0.327 e. The van der Waals surface area contributed by atoms with E-state index in [1.807, 2.05) is 13.8 Å². The predicted molar refractivity (Wildman–Crippen MR) is 64.0 cm³/mol. The molecule has 0 spiro atoms. The summed E-state index contributed by atoms with van der Waals surface area (Å²) in [4.78, 5) is 11.8. The molecule has 5 heteroatoms. The molecule has 0 heterocycles. The summed E-state index contributed by atoms with van der Waals surface area (Å²) in [6.45, 7) is 5.46. The number of carbonyl (C=O) groups excluding carboxylic acids is 1. The first-order valence-corrected chi connectivity index (χ1v) is 5.83. The van der Waals surface area contributed by atoms with Crippen molar-refractivity contribution in [3.8, 4) is 0 Å². The van der Waals surface area contributed by atoms with Crippen molar-refractivity contribution in [1.29, 1.82) is 0 Å². The number of halogens is 2. The van der Waals surface area contributed by atoms with Gasteiger partial charge in [0.2, 0.25) is 0 Å². The number of esters is 1. The van der Waals surface area contributed by atoms with E-state index >= 15 is 0 Å². The van der Waals surface area contributed by atoms with E-state index in [4.69, 9.17) is 4.74 Å². The number of ether oxygens (including phenoxy) is 1. The lowest BCUT2D eigenvalue weighted by Crippen LogP contribution is -2.35. The third-order valence-corrected chi connectivity index (χ3v) is 2.29. The van der Waals surface area contributed by atoms with Crippen LogP contribution in [-0.2, 0) is 9.53 Å². The molecule has 1 N–H and O–H groups in total. The minimum atomic E-state index is -0.999. The smallest absolute Gasteiger partial charge is 0.327 e. The van der Waals surface area contributed by atoms with Crippen LogP contribution in [0, 0.1) is 11.6 Å². The Morgan fingerprint density at radius 1 is 1.39 bits per heavy atom. The second-order valence-corrected chi connectivity index (χ2v) is 4.17. The Bertz CT molecular complexity index is 421. The van der Waals surface area contributed by atoms with Crippen LogP contribution < -0.4 is 5.32 Å². The molecule has 0 amide bonds. The van der Waals surface area contributed by atoms with Gasteiger partial charge in [-0.2, -0.15) is 0 Å². The van der Waals surface area contributed by atoms with Gasteiger partial charge in [-0.05, 0) is 39.0 Å². The molecule has 0 radical (unpaired) electrons. The molecule has 0 aliphatic heterocycles. The van der Waals surface area contributed by atoms with Gasteiger partial charge in [0, 0.05) is 11.6 Å². The quantitative estimate of drug-likeness (QED) is 0.824. The Labute approximate surface area is 105 Å². The van der Waals surface area contributed by atoms with E-state index in [2.05, 4.69) is 5.32 Å². The van der Waals surface area contributed by atoms with Gasteiger partial charge in [-0.1, -0.05) is 0 Å². The van der Waals surface area contributed by atoms with Crippen LogP contribution in [0.2, 0.25) is 0 Å². The van der Waals surface area contributed by atoms with Crippen LogP contribution in [0.4, 0.5) is 8.78 Å². The summed E-state index contributed by atoms with van der Waals surface area (Å²) >= 11 is 0. The van der Waals surface area contributed by atoms with Crippen molar-refractivity contribution in [1.82, 2.24) is 5.32 Å². The van der Waals surface area contributed by atoms with Gasteiger partial charge in [0.05, 0.1) is 6.61 Å². The molecule has 0 saturated heterocycles. The van der Waals surface area contributed by atoms with Crippen molar-refractivity contribution in [2.24, 2.45) is 0 Å². The molecule has 0 fully saturated rings. The van der Waals surface area contributed by atoms with Gasteiger partial charge < -0.3 is 4.74 Å². The van der Waals surface area contributed by atoms with E-state index in [0.717, 1.165) is 18.2 Å². The summed E-state index contributed by atoms with van der Waals surface area (Å²) in [5, 5.41) is 2.87. The first-order valence-electron chi connectivity index (χ1n) is 5.83. The van der Waals surface area contributed by atoms with Crippen LogP contribution >= 0.6 is 0 Å². The number of carbonyl (C=O) groups is 1. The standard InChI is InChI=1S/C13H17F2NO2/c1-4-18-13(17)12(16-8(2)3)10-7-9(14)5-6-11(10)15/h5-8,12,16H,4H2,1-3H3.